The molecule has 2 atom stereocenters. The van der Waals surface area contributed by atoms with Gasteiger partial charge in [0.05, 0.1) is 6.10 Å². The molecule has 0 heterocycles. The van der Waals surface area contributed by atoms with Crippen LogP contribution in [0.25, 0.3) is 0 Å². The Morgan fingerprint density at radius 2 is 2.00 bits per heavy atom. The minimum atomic E-state index is -0.173. The predicted octanol–water partition coefficient (Wildman–Crippen LogP) is 3.12. The molecule has 0 aromatic heterocycles. The van der Waals surface area contributed by atoms with E-state index in [1.807, 2.05) is 6.92 Å². The topological polar surface area (TPSA) is 32.3 Å². The van der Waals surface area contributed by atoms with Crippen molar-refractivity contribution in [3.63, 3.8) is 0 Å². The highest BCUT2D eigenvalue weighted by Crippen LogP contribution is 2.19. The minimum absolute atomic E-state index is 0.173. The normalized spacial score (nSPS) is 14.6. The Balaban J connectivity index is 2.52. The molecule has 0 fully saturated rings. The molecule has 0 spiro atoms. The maximum Gasteiger partial charge on any atom is 0.0549 e. The van der Waals surface area contributed by atoms with E-state index in [0.29, 0.717) is 6.04 Å². The van der Waals surface area contributed by atoms with Crippen molar-refractivity contribution >= 4 is 0 Å². The molecule has 2 N–H and O–H groups in total. The molecule has 0 saturated heterocycles. The molecule has 0 amide bonds. The van der Waals surface area contributed by atoms with Gasteiger partial charge in [-0.15, -0.1) is 0 Å². The van der Waals surface area contributed by atoms with Crippen molar-refractivity contribution in [2.75, 3.05) is 6.54 Å². The van der Waals surface area contributed by atoms with Crippen LogP contribution in [0.2, 0.25) is 0 Å². The summed E-state index contributed by atoms with van der Waals surface area (Å²) < 4.78 is 0. The number of aryl methyl sites for hydroxylation is 1. The maximum atomic E-state index is 9.50. The van der Waals surface area contributed by atoms with Crippen molar-refractivity contribution in [2.24, 2.45) is 0 Å². The van der Waals surface area contributed by atoms with Crippen LogP contribution in [-0.4, -0.2) is 17.8 Å². The Hall–Kier alpha value is -0.860. The number of aliphatic hydroxyl groups excluding tert-OH is 1. The van der Waals surface area contributed by atoms with Crippen molar-refractivity contribution in [3.8, 4) is 0 Å². The van der Waals surface area contributed by atoms with Crippen LogP contribution < -0.4 is 5.32 Å². The lowest BCUT2D eigenvalue weighted by Crippen LogP contribution is -2.24. The second kappa shape index (κ2) is 6.77. The van der Waals surface area contributed by atoms with Gasteiger partial charge in [0.15, 0.2) is 0 Å². The number of hydrogen-bond acceptors (Lipinski definition) is 2. The zero-order valence-electron chi connectivity index (χ0n) is 11.5. The number of nitrogens with one attached hydrogen (secondary N) is 1. The average molecular weight is 235 g/mol. The summed E-state index contributed by atoms with van der Waals surface area (Å²) in [4.78, 5) is 0. The van der Waals surface area contributed by atoms with E-state index in [1.165, 1.54) is 16.7 Å². The number of hydrogen-bond donors (Lipinski definition) is 2. The third-order valence-electron chi connectivity index (χ3n) is 3.51. The van der Waals surface area contributed by atoms with Gasteiger partial charge in [0, 0.05) is 6.04 Å². The van der Waals surface area contributed by atoms with E-state index >= 15 is 0 Å². The fraction of sp³-hybridized carbons (Fsp3) is 0.600. The summed E-state index contributed by atoms with van der Waals surface area (Å²) in [7, 11) is 0. The molecule has 1 aromatic carbocycles. The number of rotatable bonds is 6. The first-order valence-electron chi connectivity index (χ1n) is 6.53. The summed E-state index contributed by atoms with van der Waals surface area (Å²) in [5.74, 6) is 0. The van der Waals surface area contributed by atoms with Crippen LogP contribution in [0.15, 0.2) is 18.2 Å². The summed E-state index contributed by atoms with van der Waals surface area (Å²) >= 11 is 0. The Kier molecular flexibility index (Phi) is 5.66. The first-order valence-corrected chi connectivity index (χ1v) is 6.53. The Morgan fingerprint density at radius 1 is 1.29 bits per heavy atom. The molecular weight excluding hydrogens is 210 g/mol. The molecule has 2 heteroatoms. The summed E-state index contributed by atoms with van der Waals surface area (Å²) in [6.45, 7) is 9.37. The first-order chi connectivity index (χ1) is 8.06. The molecule has 1 rings (SSSR count). The lowest BCUT2D eigenvalue weighted by Gasteiger charge is -2.18. The molecule has 0 saturated carbocycles. The molecule has 96 valence electrons. The molecule has 0 aliphatic carbocycles. The zero-order chi connectivity index (χ0) is 12.8. The van der Waals surface area contributed by atoms with Crippen LogP contribution in [0.1, 0.15) is 49.4 Å². The quantitative estimate of drug-likeness (QED) is 0.794. The lowest BCUT2D eigenvalue weighted by atomic mass is 9.98. The van der Waals surface area contributed by atoms with Gasteiger partial charge in [0.25, 0.3) is 0 Å². The molecule has 0 aliphatic rings. The molecule has 17 heavy (non-hydrogen) atoms. The smallest absolute Gasteiger partial charge is 0.0549 e. The van der Waals surface area contributed by atoms with E-state index in [9.17, 15) is 5.11 Å². The average Bonchev–Trinajstić information content (AvgIpc) is 2.32. The highest BCUT2D eigenvalue weighted by atomic mass is 16.3. The molecule has 0 radical (unpaired) electrons. The van der Waals surface area contributed by atoms with Gasteiger partial charge in [-0.3, -0.25) is 0 Å². The fourth-order valence-corrected chi connectivity index (χ4v) is 2.02. The first kappa shape index (κ1) is 14.2. The zero-order valence-corrected chi connectivity index (χ0v) is 11.5. The van der Waals surface area contributed by atoms with E-state index in [0.717, 1.165) is 19.4 Å². The molecule has 1 aromatic rings. The van der Waals surface area contributed by atoms with E-state index < -0.39 is 0 Å². The minimum Gasteiger partial charge on any atom is -0.393 e. The summed E-state index contributed by atoms with van der Waals surface area (Å²) in [6.07, 6.45) is 1.49. The third-order valence-corrected chi connectivity index (χ3v) is 3.51. The van der Waals surface area contributed by atoms with Gasteiger partial charge in [-0.25, -0.2) is 0 Å². The monoisotopic (exact) mass is 235 g/mol. The second-order valence-corrected chi connectivity index (χ2v) is 4.82. The van der Waals surface area contributed by atoms with Gasteiger partial charge >= 0.3 is 0 Å². The van der Waals surface area contributed by atoms with Gasteiger partial charge in [-0.05, 0) is 56.8 Å². The third kappa shape index (κ3) is 4.14. The standard InChI is InChI=1S/C15H25NO/c1-5-14(17)9-10-16-13(4)15-8-6-7-11(2)12(15)3/h6-8,13-14,16-17H,5,9-10H2,1-4H3. The van der Waals surface area contributed by atoms with E-state index in [1.54, 1.807) is 0 Å². The van der Waals surface area contributed by atoms with Crippen LogP contribution >= 0.6 is 0 Å². The number of aliphatic hydroxyl groups is 1. The summed E-state index contributed by atoms with van der Waals surface area (Å²) in [6, 6.07) is 6.78. The maximum absolute atomic E-state index is 9.50. The van der Waals surface area contributed by atoms with Crippen molar-refractivity contribution in [1.82, 2.24) is 5.32 Å². The highest BCUT2D eigenvalue weighted by Gasteiger charge is 2.09. The molecular formula is C15H25NO. The van der Waals surface area contributed by atoms with Gasteiger partial charge in [0.1, 0.15) is 0 Å². The van der Waals surface area contributed by atoms with Gasteiger partial charge in [0.2, 0.25) is 0 Å². The van der Waals surface area contributed by atoms with E-state index in [-0.39, 0.29) is 6.10 Å². The largest absolute Gasteiger partial charge is 0.393 e. The van der Waals surface area contributed by atoms with Crippen molar-refractivity contribution in [1.29, 1.82) is 0 Å². The Morgan fingerprint density at radius 3 is 2.65 bits per heavy atom. The van der Waals surface area contributed by atoms with E-state index in [2.05, 4.69) is 44.3 Å². The summed E-state index contributed by atoms with van der Waals surface area (Å²) in [5.41, 5.74) is 4.06. The van der Waals surface area contributed by atoms with Crippen molar-refractivity contribution in [2.45, 2.75) is 52.7 Å². The molecule has 2 unspecified atom stereocenters. The summed E-state index contributed by atoms with van der Waals surface area (Å²) in [5, 5.41) is 13.0. The molecule has 2 nitrogen and oxygen atoms in total. The van der Waals surface area contributed by atoms with Crippen LogP contribution in [-0.2, 0) is 0 Å². The fourth-order valence-electron chi connectivity index (χ4n) is 2.02. The van der Waals surface area contributed by atoms with Crippen LogP contribution in [0.4, 0.5) is 0 Å². The van der Waals surface area contributed by atoms with Gasteiger partial charge < -0.3 is 10.4 Å². The highest BCUT2D eigenvalue weighted by molar-refractivity contribution is 5.34. The van der Waals surface area contributed by atoms with Gasteiger partial charge in [-0.1, -0.05) is 25.1 Å². The number of benzene rings is 1. The molecule has 0 aliphatic heterocycles. The predicted molar refractivity (Wildman–Crippen MR) is 73.2 cm³/mol. The van der Waals surface area contributed by atoms with Crippen LogP contribution in [0, 0.1) is 13.8 Å². The molecule has 0 bridgehead atoms. The van der Waals surface area contributed by atoms with Crippen LogP contribution in [0.5, 0.6) is 0 Å². The van der Waals surface area contributed by atoms with Gasteiger partial charge in [-0.2, -0.15) is 0 Å². The van der Waals surface area contributed by atoms with Crippen molar-refractivity contribution in [3.05, 3.63) is 34.9 Å². The SMILES string of the molecule is CCC(O)CCNC(C)c1cccc(C)c1C. The van der Waals surface area contributed by atoms with Crippen LogP contribution in [0.3, 0.4) is 0 Å². The second-order valence-electron chi connectivity index (χ2n) is 4.82. The Bertz CT molecular complexity index is 349. The Labute approximate surface area is 105 Å². The van der Waals surface area contributed by atoms with Crippen molar-refractivity contribution < 1.29 is 5.11 Å². The van der Waals surface area contributed by atoms with E-state index in [4.69, 9.17) is 0 Å². The lowest BCUT2D eigenvalue weighted by molar-refractivity contribution is 0.159.